The number of aromatic nitrogens is 6. The minimum Gasteiger partial charge on any atom is -0.309 e. The molecular formula is C134H126N6. The number of benzene rings is 18. The van der Waals surface area contributed by atoms with Gasteiger partial charge in [0, 0.05) is 98.8 Å². The van der Waals surface area contributed by atoms with Crippen LogP contribution in [0.1, 0.15) is 211 Å². The van der Waals surface area contributed by atoms with Crippen LogP contribution in [0.3, 0.4) is 0 Å². The lowest BCUT2D eigenvalue weighted by molar-refractivity contribution is 0.590. The van der Waals surface area contributed by atoms with Crippen molar-refractivity contribution in [2.75, 3.05) is 0 Å². The van der Waals surface area contributed by atoms with E-state index in [-0.39, 0.29) is 43.3 Å². The molecule has 0 radical (unpaired) electrons. The molecule has 0 fully saturated rings. The summed E-state index contributed by atoms with van der Waals surface area (Å²) < 4.78 is 15.1. The molecule has 6 heteroatoms. The van der Waals surface area contributed by atoms with E-state index in [0.29, 0.717) is 0 Å². The van der Waals surface area contributed by atoms with Crippen molar-refractivity contribution < 1.29 is 0 Å². The summed E-state index contributed by atoms with van der Waals surface area (Å²) in [5.41, 5.74) is 36.2. The average Bonchev–Trinajstić information content (AvgIpc) is 1.78. The van der Waals surface area contributed by atoms with Crippen LogP contribution < -0.4 is 0 Å². The standard InChI is InChI=1S/C134H126N6/c1-127(2,3)81-37-53-115-103(65-81)104-66-82(128(4,5)6)38-54-116(104)137(115)91-49-61-123-111(73-91)112-74-92(138-117-55-39-83(129(7,8)9)67-105(117)106-68-84(130(10,11)12)40-56-118(106)138)50-62-124(112)135(123)89-45-33-79(34-46-89)99-77-101-98-32-28-26-30-96(98)100(78-102(101)97-31-27-25-29-95(97)99)80-35-47-90(48-36-80)136-125-63-51-93(139-119-57-41-85(131(13,14)15)69-107(119)108-70-86(132(16,17)18)42-58-120(108)139)75-113(125)114-76-94(52-64-126(114)136)140-121-59-43-87(133(19,20)21)71-109(121)110-72-88(134(22,23)24)44-60-122(110)140/h25-78H,1-24H3. The normalized spacial score (nSPS) is 13.3. The van der Waals surface area contributed by atoms with Crippen LogP contribution in [0.4, 0.5) is 0 Å². The van der Waals surface area contributed by atoms with E-state index in [2.05, 4.69) is 521 Å². The highest BCUT2D eigenvalue weighted by molar-refractivity contribution is 6.25. The molecule has 6 nitrogen and oxygen atoms in total. The van der Waals surface area contributed by atoms with Crippen LogP contribution in [0, 0.1) is 0 Å². The molecular weight excluding hydrogens is 1690 g/mol. The number of nitrogens with zero attached hydrogens (tertiary/aromatic N) is 6. The summed E-state index contributed by atoms with van der Waals surface area (Å²) in [5, 5.41) is 22.3. The molecule has 6 heterocycles. The summed E-state index contributed by atoms with van der Waals surface area (Å²) in [6.07, 6.45) is 0. The average molecular weight is 1820 g/mol. The van der Waals surface area contributed by atoms with E-state index in [4.69, 9.17) is 0 Å². The predicted octanol–water partition coefficient (Wildman–Crippen LogP) is 37.4. The summed E-state index contributed by atoms with van der Waals surface area (Å²) >= 11 is 0. The second-order valence-electron chi connectivity index (χ2n) is 48.8. The van der Waals surface area contributed by atoms with E-state index < -0.39 is 0 Å². The Labute approximate surface area is 822 Å². The quantitative estimate of drug-likeness (QED) is 0.136. The lowest BCUT2D eigenvalue weighted by Gasteiger charge is -2.19. The van der Waals surface area contributed by atoms with Crippen molar-refractivity contribution in [2.24, 2.45) is 0 Å². The van der Waals surface area contributed by atoms with E-state index in [9.17, 15) is 0 Å². The van der Waals surface area contributed by atoms with Gasteiger partial charge in [-0.25, -0.2) is 0 Å². The monoisotopic (exact) mass is 1820 g/mol. The zero-order valence-electron chi connectivity index (χ0n) is 85.9. The zero-order valence-corrected chi connectivity index (χ0v) is 85.9. The molecule has 18 aromatic carbocycles. The van der Waals surface area contributed by atoms with Gasteiger partial charge in [0.25, 0.3) is 0 Å². The minimum absolute atomic E-state index is 0.0235. The molecule has 0 N–H and O–H groups in total. The Morgan fingerprint density at radius 1 is 0.121 bits per heavy atom. The fourth-order valence-electron chi connectivity index (χ4n) is 23.1. The number of rotatable bonds is 8. The van der Waals surface area contributed by atoms with Crippen molar-refractivity contribution >= 4 is 163 Å². The van der Waals surface area contributed by atoms with Crippen molar-refractivity contribution in [1.29, 1.82) is 0 Å². The van der Waals surface area contributed by atoms with Crippen LogP contribution in [0.15, 0.2) is 328 Å². The SMILES string of the molecule is CC(C)(C)c1ccc2c(c1)c1cc(C(C)(C)C)ccc1n2-c1ccc2c(c1)c1cc(-n3c4ccc(C(C)(C)C)cc4c4cc(C(C)(C)C)ccc43)ccc1n2-c1ccc(-c2cc3c4ccccc4c(-c4ccc(-n5c6ccc(-n7c8ccc(C(C)(C)C)cc8c8cc(C(C)(C)C)ccc87)cc6c6cc(-n7c8ccc(C(C)(C)C)cc8c8cc(C(C)(C)C)ccc87)ccc65)cc4)cc3c3ccccc23)cc1. The van der Waals surface area contributed by atoms with Crippen LogP contribution in [0.25, 0.3) is 220 Å². The molecule has 0 aliphatic carbocycles. The molecule has 0 bridgehead atoms. The highest BCUT2D eigenvalue weighted by atomic mass is 15.0. The topological polar surface area (TPSA) is 29.6 Å². The van der Waals surface area contributed by atoms with Crippen LogP contribution in [-0.2, 0) is 43.3 Å². The van der Waals surface area contributed by atoms with Gasteiger partial charge in [0.2, 0.25) is 0 Å². The van der Waals surface area contributed by atoms with E-state index in [1.54, 1.807) is 0 Å². The van der Waals surface area contributed by atoms with Gasteiger partial charge in [-0.2, -0.15) is 0 Å². The first kappa shape index (κ1) is 88.2. The van der Waals surface area contributed by atoms with Crippen LogP contribution in [0.2, 0.25) is 0 Å². The molecule has 24 rings (SSSR count). The largest absolute Gasteiger partial charge is 0.309 e. The number of hydrogen-bond acceptors (Lipinski definition) is 0. The molecule has 0 aliphatic heterocycles. The van der Waals surface area contributed by atoms with Crippen LogP contribution >= 0.6 is 0 Å². The van der Waals surface area contributed by atoms with E-state index in [0.717, 1.165) is 67.3 Å². The maximum atomic E-state index is 2.52. The fourth-order valence-corrected chi connectivity index (χ4v) is 23.1. The molecule has 140 heavy (non-hydrogen) atoms. The summed E-state index contributed by atoms with van der Waals surface area (Å²) in [6, 6.07) is 129. The minimum atomic E-state index is -0.0235. The molecule has 0 atom stereocenters. The van der Waals surface area contributed by atoms with Gasteiger partial charge in [0.15, 0.2) is 0 Å². The molecule has 0 amide bonds. The first-order valence-electron chi connectivity index (χ1n) is 50.6. The summed E-state index contributed by atoms with van der Waals surface area (Å²) in [7, 11) is 0. The van der Waals surface area contributed by atoms with E-state index in [1.165, 1.54) is 197 Å². The van der Waals surface area contributed by atoms with Crippen LogP contribution in [0.5, 0.6) is 0 Å². The highest BCUT2D eigenvalue weighted by Gasteiger charge is 2.31. The third-order valence-corrected chi connectivity index (χ3v) is 31.2. The first-order chi connectivity index (χ1) is 66.4. The van der Waals surface area contributed by atoms with Gasteiger partial charge in [-0.05, 0) is 349 Å². The summed E-state index contributed by atoms with van der Waals surface area (Å²) in [6.45, 7) is 55.9. The van der Waals surface area contributed by atoms with Crippen molar-refractivity contribution in [2.45, 2.75) is 209 Å². The van der Waals surface area contributed by atoms with Crippen molar-refractivity contribution in [3.05, 3.63) is 372 Å². The van der Waals surface area contributed by atoms with Gasteiger partial charge in [0.05, 0.1) is 66.2 Å². The Morgan fingerprint density at radius 2 is 0.271 bits per heavy atom. The van der Waals surface area contributed by atoms with Gasteiger partial charge >= 0.3 is 0 Å². The fraction of sp³-hybridized carbons (Fsp3) is 0.239. The maximum absolute atomic E-state index is 2.52. The van der Waals surface area contributed by atoms with E-state index in [1.807, 2.05) is 0 Å². The lowest BCUT2D eigenvalue weighted by atomic mass is 9.85. The lowest BCUT2D eigenvalue weighted by Crippen LogP contribution is -2.10. The smallest absolute Gasteiger partial charge is 0.0542 e. The van der Waals surface area contributed by atoms with Crippen molar-refractivity contribution in [3.63, 3.8) is 0 Å². The Kier molecular flexibility index (Phi) is 19.2. The number of fused-ring (bicyclic) bond motifs is 23. The molecule has 0 aliphatic rings. The van der Waals surface area contributed by atoms with Gasteiger partial charge in [0.1, 0.15) is 0 Å². The summed E-state index contributed by atoms with van der Waals surface area (Å²) in [5.74, 6) is 0. The Hall–Kier alpha value is -14.5. The van der Waals surface area contributed by atoms with Gasteiger partial charge in [-0.15, -0.1) is 0 Å². The van der Waals surface area contributed by atoms with Crippen molar-refractivity contribution in [1.82, 2.24) is 27.4 Å². The zero-order chi connectivity index (χ0) is 97.4. The Morgan fingerprint density at radius 3 is 0.450 bits per heavy atom. The molecule has 0 spiro atoms. The van der Waals surface area contributed by atoms with Crippen LogP contribution in [-0.4, -0.2) is 27.4 Å². The van der Waals surface area contributed by atoms with Crippen molar-refractivity contribution in [3.8, 4) is 56.4 Å². The third-order valence-electron chi connectivity index (χ3n) is 31.2. The molecule has 0 unspecified atom stereocenters. The number of hydrogen-bond donors (Lipinski definition) is 0. The van der Waals surface area contributed by atoms with Gasteiger partial charge < -0.3 is 27.4 Å². The Bertz CT molecular complexity index is 8150. The predicted molar refractivity (Wildman–Crippen MR) is 605 cm³/mol. The maximum Gasteiger partial charge on any atom is 0.0542 e. The molecule has 0 saturated carbocycles. The van der Waals surface area contributed by atoms with E-state index >= 15 is 0 Å². The second-order valence-corrected chi connectivity index (χ2v) is 48.8. The summed E-state index contributed by atoms with van der Waals surface area (Å²) in [4.78, 5) is 0. The first-order valence-corrected chi connectivity index (χ1v) is 50.6. The van der Waals surface area contributed by atoms with Gasteiger partial charge in [-0.3, -0.25) is 0 Å². The molecule has 6 aromatic heterocycles. The third kappa shape index (κ3) is 14.0. The Balaban J connectivity index is 0.644. The second kappa shape index (κ2) is 30.5. The molecule has 692 valence electrons. The van der Waals surface area contributed by atoms with Gasteiger partial charge in [-0.1, -0.05) is 287 Å². The molecule has 24 aromatic rings. The molecule has 0 saturated heterocycles. The highest BCUT2D eigenvalue weighted by Crippen LogP contribution is 2.50.